The summed E-state index contributed by atoms with van der Waals surface area (Å²) >= 11 is 0. The molecule has 2 heterocycles. The predicted molar refractivity (Wildman–Crippen MR) is 92.0 cm³/mol. The molecule has 1 amide bonds. The van der Waals surface area contributed by atoms with E-state index >= 15 is 0 Å². The van der Waals surface area contributed by atoms with Crippen molar-refractivity contribution in [2.45, 2.75) is 52.1 Å². The molecule has 2 N–H and O–H groups in total. The van der Waals surface area contributed by atoms with Crippen molar-refractivity contribution in [3.05, 3.63) is 51.7 Å². The van der Waals surface area contributed by atoms with Crippen LogP contribution in [0, 0.1) is 5.92 Å². The number of benzene rings is 1. The number of carbonyl (C=O) groups excluding carboxylic acids is 1. The first kappa shape index (κ1) is 16.5. The summed E-state index contributed by atoms with van der Waals surface area (Å²) in [6.07, 6.45) is 3.24. The van der Waals surface area contributed by atoms with Crippen molar-refractivity contribution >= 4 is 5.91 Å². The summed E-state index contributed by atoms with van der Waals surface area (Å²) in [5.41, 5.74) is 1.76. The van der Waals surface area contributed by atoms with Gasteiger partial charge in [-0.15, -0.1) is 0 Å². The van der Waals surface area contributed by atoms with E-state index in [2.05, 4.69) is 29.4 Å². The van der Waals surface area contributed by atoms with Gasteiger partial charge in [-0.25, -0.2) is 9.89 Å². The fourth-order valence-electron chi connectivity index (χ4n) is 3.18. The summed E-state index contributed by atoms with van der Waals surface area (Å²) in [7, 11) is 0. The molecule has 0 spiro atoms. The lowest BCUT2D eigenvalue weighted by Gasteiger charge is -2.16. The average Bonchev–Trinajstić information content (AvgIpc) is 2.77. The van der Waals surface area contributed by atoms with E-state index < -0.39 is 0 Å². The number of hydrogen-bond donors (Lipinski definition) is 2. The van der Waals surface area contributed by atoms with Crippen molar-refractivity contribution in [3.8, 4) is 0 Å². The molecular formula is C18H24N4O2. The number of fused-ring (bicyclic) bond motifs is 1. The second kappa shape index (κ2) is 7.03. The van der Waals surface area contributed by atoms with Gasteiger partial charge in [-0.2, -0.15) is 5.10 Å². The van der Waals surface area contributed by atoms with Crippen molar-refractivity contribution in [3.63, 3.8) is 0 Å². The summed E-state index contributed by atoms with van der Waals surface area (Å²) in [6, 6.07) is 7.89. The predicted octanol–water partition coefficient (Wildman–Crippen LogP) is 1.90. The third-order valence-corrected chi connectivity index (χ3v) is 4.45. The van der Waals surface area contributed by atoms with Gasteiger partial charge in [0.15, 0.2) is 0 Å². The summed E-state index contributed by atoms with van der Waals surface area (Å²) < 4.78 is 1.66. The average molecular weight is 328 g/mol. The smallest absolute Gasteiger partial charge is 0.343 e. The zero-order valence-corrected chi connectivity index (χ0v) is 14.2. The van der Waals surface area contributed by atoms with E-state index in [1.165, 1.54) is 5.56 Å². The number of nitrogens with zero attached hydrogens (tertiary/aromatic N) is 2. The van der Waals surface area contributed by atoms with Gasteiger partial charge >= 0.3 is 5.69 Å². The normalized spacial score (nSPS) is 17.4. The van der Waals surface area contributed by atoms with Crippen LogP contribution in [0.25, 0.3) is 0 Å². The summed E-state index contributed by atoms with van der Waals surface area (Å²) in [5.74, 6) is 1.32. The van der Waals surface area contributed by atoms with Gasteiger partial charge in [-0.1, -0.05) is 26.0 Å². The maximum Gasteiger partial charge on any atom is 0.343 e. The molecule has 1 aliphatic rings. The molecule has 128 valence electrons. The quantitative estimate of drug-likeness (QED) is 0.899. The molecule has 1 aromatic carbocycles. The highest BCUT2D eigenvalue weighted by Gasteiger charge is 2.20. The third kappa shape index (κ3) is 3.75. The molecule has 0 saturated carbocycles. The van der Waals surface area contributed by atoms with Crippen LogP contribution in [-0.2, 0) is 19.4 Å². The zero-order valence-electron chi connectivity index (χ0n) is 14.2. The minimum absolute atomic E-state index is 0.0513. The monoisotopic (exact) mass is 328 g/mol. The molecule has 1 atom stereocenters. The van der Waals surface area contributed by atoms with E-state index in [-0.39, 0.29) is 17.6 Å². The maximum atomic E-state index is 12.4. The Balaban J connectivity index is 1.60. The number of carbonyl (C=O) groups is 1. The fraction of sp³-hybridized carbons (Fsp3) is 0.500. The molecule has 0 radical (unpaired) electrons. The van der Waals surface area contributed by atoms with Crippen LogP contribution < -0.4 is 11.0 Å². The van der Waals surface area contributed by atoms with Gasteiger partial charge < -0.3 is 5.32 Å². The molecule has 6 heteroatoms. The summed E-state index contributed by atoms with van der Waals surface area (Å²) in [4.78, 5) is 24.1. The lowest BCUT2D eigenvalue weighted by molar-refractivity contribution is 0.0933. The molecule has 2 aromatic rings. The molecule has 3 rings (SSSR count). The zero-order chi connectivity index (χ0) is 17.1. The van der Waals surface area contributed by atoms with Crippen molar-refractivity contribution in [1.82, 2.24) is 20.1 Å². The number of nitrogens with one attached hydrogen (secondary N) is 2. The van der Waals surface area contributed by atoms with E-state index in [1.807, 2.05) is 24.3 Å². The van der Waals surface area contributed by atoms with E-state index in [0.717, 1.165) is 25.1 Å². The summed E-state index contributed by atoms with van der Waals surface area (Å²) in [6.45, 7) is 4.95. The van der Waals surface area contributed by atoms with Crippen LogP contribution in [0.15, 0.2) is 29.1 Å². The highest BCUT2D eigenvalue weighted by Crippen LogP contribution is 2.13. The minimum atomic E-state index is -0.169. The molecule has 24 heavy (non-hydrogen) atoms. The Labute approximate surface area is 141 Å². The number of rotatable bonds is 4. The standard InChI is InChI=1S/C18H24N4O2/c1-12(2)11-13-3-5-14(6-4-13)17(23)19-15-7-8-16-20-21-18(24)22(16)10-9-15/h3-6,12,15H,7-11H2,1-2H3,(H,19,23)(H,21,24). The molecule has 0 aliphatic carbocycles. The Hall–Kier alpha value is -2.37. The fourth-order valence-corrected chi connectivity index (χ4v) is 3.18. The molecule has 1 aliphatic heterocycles. The third-order valence-electron chi connectivity index (χ3n) is 4.45. The number of hydrogen-bond acceptors (Lipinski definition) is 3. The number of amides is 1. The molecule has 0 saturated heterocycles. The molecule has 1 aromatic heterocycles. The van der Waals surface area contributed by atoms with Crippen molar-refractivity contribution in [1.29, 1.82) is 0 Å². The Bertz CT molecular complexity index is 758. The van der Waals surface area contributed by atoms with Crippen molar-refractivity contribution in [2.75, 3.05) is 0 Å². The number of aromatic nitrogens is 3. The van der Waals surface area contributed by atoms with Crippen LogP contribution in [0.5, 0.6) is 0 Å². The topological polar surface area (TPSA) is 79.8 Å². The molecule has 6 nitrogen and oxygen atoms in total. The van der Waals surface area contributed by atoms with Crippen LogP contribution in [0.4, 0.5) is 0 Å². The lowest BCUT2D eigenvalue weighted by atomic mass is 10.0. The lowest BCUT2D eigenvalue weighted by Crippen LogP contribution is -2.35. The van der Waals surface area contributed by atoms with Gasteiger partial charge in [0.25, 0.3) is 5.91 Å². The molecular weight excluding hydrogens is 304 g/mol. The van der Waals surface area contributed by atoms with Gasteiger partial charge in [-0.05, 0) is 42.9 Å². The second-order valence-electron chi connectivity index (χ2n) is 6.89. The van der Waals surface area contributed by atoms with E-state index in [1.54, 1.807) is 4.57 Å². The Morgan fingerprint density at radius 3 is 2.79 bits per heavy atom. The van der Waals surface area contributed by atoms with Crippen molar-refractivity contribution in [2.24, 2.45) is 5.92 Å². The van der Waals surface area contributed by atoms with Gasteiger partial charge in [0.1, 0.15) is 5.82 Å². The number of aromatic amines is 1. The first-order valence-electron chi connectivity index (χ1n) is 8.57. The molecule has 0 fully saturated rings. The minimum Gasteiger partial charge on any atom is -0.349 e. The van der Waals surface area contributed by atoms with Crippen molar-refractivity contribution < 1.29 is 4.79 Å². The molecule has 1 unspecified atom stereocenters. The van der Waals surface area contributed by atoms with Gasteiger partial charge in [0, 0.05) is 24.6 Å². The van der Waals surface area contributed by atoms with E-state index in [9.17, 15) is 9.59 Å². The first-order valence-corrected chi connectivity index (χ1v) is 8.57. The van der Waals surface area contributed by atoms with Crippen LogP contribution in [0.1, 0.15) is 48.4 Å². The van der Waals surface area contributed by atoms with Crippen LogP contribution >= 0.6 is 0 Å². The SMILES string of the molecule is CC(C)Cc1ccc(C(=O)NC2CCc3n[nH]c(=O)n3CC2)cc1. The maximum absolute atomic E-state index is 12.4. The highest BCUT2D eigenvalue weighted by atomic mass is 16.2. The second-order valence-corrected chi connectivity index (χ2v) is 6.89. The number of aryl methyl sites for hydroxylation is 1. The largest absolute Gasteiger partial charge is 0.349 e. The van der Waals surface area contributed by atoms with E-state index in [0.29, 0.717) is 24.4 Å². The Kier molecular flexibility index (Phi) is 4.83. The van der Waals surface area contributed by atoms with Crippen LogP contribution in [-0.4, -0.2) is 26.7 Å². The Morgan fingerprint density at radius 2 is 2.08 bits per heavy atom. The van der Waals surface area contributed by atoms with Gasteiger partial charge in [-0.3, -0.25) is 9.36 Å². The van der Waals surface area contributed by atoms with Gasteiger partial charge in [0.2, 0.25) is 0 Å². The van der Waals surface area contributed by atoms with E-state index in [4.69, 9.17) is 0 Å². The first-order chi connectivity index (χ1) is 11.5. The van der Waals surface area contributed by atoms with Gasteiger partial charge in [0.05, 0.1) is 0 Å². The Morgan fingerprint density at radius 1 is 1.33 bits per heavy atom. The van der Waals surface area contributed by atoms with Crippen LogP contribution in [0.3, 0.4) is 0 Å². The number of H-pyrrole nitrogens is 1. The summed E-state index contributed by atoms with van der Waals surface area (Å²) in [5, 5.41) is 9.60. The highest BCUT2D eigenvalue weighted by molar-refractivity contribution is 5.94. The molecule has 0 bridgehead atoms. The van der Waals surface area contributed by atoms with Crippen LogP contribution in [0.2, 0.25) is 0 Å².